The molecule has 1 fully saturated rings. The van der Waals surface area contributed by atoms with Crippen molar-refractivity contribution in [3.05, 3.63) is 102 Å². The fraction of sp³-hybridized carbons (Fsp3) is 0.312. The number of allylic oxidation sites excluding steroid dienone is 4. The summed E-state index contributed by atoms with van der Waals surface area (Å²) in [6.07, 6.45) is 5.17. The maximum atomic E-state index is 9.52. The molecular formula is C32H38B2N2O4. The van der Waals surface area contributed by atoms with Gasteiger partial charge in [0.2, 0.25) is 6.71 Å². The largest absolute Gasteiger partial charge is 0.497 e. The molecule has 0 bridgehead atoms. The molecule has 6 nitrogen and oxygen atoms in total. The lowest BCUT2D eigenvalue weighted by Crippen LogP contribution is -2.62. The van der Waals surface area contributed by atoms with Crippen molar-refractivity contribution in [3.63, 3.8) is 0 Å². The van der Waals surface area contributed by atoms with Crippen LogP contribution in [-0.4, -0.2) is 59.3 Å². The van der Waals surface area contributed by atoms with Gasteiger partial charge in [-0.25, -0.2) is 0 Å². The van der Waals surface area contributed by atoms with E-state index in [0.717, 1.165) is 47.7 Å². The number of aliphatic hydroxyl groups excluding tert-OH is 1. The molecule has 3 aromatic carbocycles. The van der Waals surface area contributed by atoms with Crippen molar-refractivity contribution in [1.29, 1.82) is 0 Å². The fourth-order valence-electron chi connectivity index (χ4n) is 6.24. The van der Waals surface area contributed by atoms with Gasteiger partial charge in [-0.3, -0.25) is 5.32 Å². The van der Waals surface area contributed by atoms with E-state index in [1.807, 2.05) is 49.5 Å². The second-order valence-electron chi connectivity index (χ2n) is 10.8. The van der Waals surface area contributed by atoms with Crippen LogP contribution in [0.4, 0.5) is 0 Å². The summed E-state index contributed by atoms with van der Waals surface area (Å²) in [5.74, 6) is 2.96. The SMILES string of the molecule is CNCCOB(c1ccccc1)c1ccc(OC2=CC=C3B(c4ccc(OC)cc4)C(C)(CNCO)C3C2)cc1. The Hall–Kier alpha value is -3.29. The summed E-state index contributed by atoms with van der Waals surface area (Å²) >= 11 is 0. The van der Waals surface area contributed by atoms with Gasteiger partial charge in [-0.15, -0.1) is 0 Å². The molecule has 40 heavy (non-hydrogen) atoms. The molecule has 8 heteroatoms. The molecule has 3 aromatic rings. The normalized spacial score (nSPS) is 19.7. The summed E-state index contributed by atoms with van der Waals surface area (Å²) in [5.41, 5.74) is 4.91. The molecule has 0 aromatic heterocycles. The molecule has 0 saturated carbocycles. The lowest BCUT2D eigenvalue weighted by atomic mass is 9.13. The zero-order valence-electron chi connectivity index (χ0n) is 23.6. The minimum Gasteiger partial charge on any atom is -0.497 e. The van der Waals surface area contributed by atoms with Gasteiger partial charge < -0.3 is 24.6 Å². The molecule has 2 atom stereocenters. The number of fused-ring (bicyclic) bond motifs is 1. The summed E-state index contributed by atoms with van der Waals surface area (Å²) in [4.78, 5) is 0. The smallest absolute Gasteiger partial charge is 0.361 e. The first kappa shape index (κ1) is 28.2. The molecule has 0 spiro atoms. The Morgan fingerprint density at radius 2 is 1.65 bits per heavy atom. The highest BCUT2D eigenvalue weighted by atomic mass is 16.5. The van der Waals surface area contributed by atoms with Crippen molar-refractivity contribution in [2.24, 2.45) is 5.92 Å². The van der Waals surface area contributed by atoms with E-state index in [-0.39, 0.29) is 25.7 Å². The number of methoxy groups -OCH3 is 1. The highest BCUT2D eigenvalue weighted by molar-refractivity contribution is 6.86. The monoisotopic (exact) mass is 536 g/mol. The molecule has 1 aliphatic heterocycles. The first-order valence-electron chi connectivity index (χ1n) is 14.0. The van der Waals surface area contributed by atoms with E-state index >= 15 is 0 Å². The molecule has 5 rings (SSSR count). The Morgan fingerprint density at radius 1 is 0.950 bits per heavy atom. The Bertz CT molecular complexity index is 1320. The number of aliphatic hydroxyl groups is 1. The average Bonchev–Trinajstić information content (AvgIpc) is 3.00. The molecule has 2 aliphatic rings. The van der Waals surface area contributed by atoms with Crippen LogP contribution in [0.15, 0.2) is 102 Å². The average molecular weight is 536 g/mol. The van der Waals surface area contributed by atoms with Crippen molar-refractivity contribution in [2.75, 3.05) is 40.6 Å². The van der Waals surface area contributed by atoms with E-state index in [1.165, 1.54) is 10.9 Å². The van der Waals surface area contributed by atoms with Crippen LogP contribution in [0, 0.1) is 5.92 Å². The molecule has 3 N–H and O–H groups in total. The quantitative estimate of drug-likeness (QED) is 0.177. The highest BCUT2D eigenvalue weighted by Gasteiger charge is 2.58. The third kappa shape index (κ3) is 5.91. The second kappa shape index (κ2) is 12.9. The van der Waals surface area contributed by atoms with Gasteiger partial charge in [-0.2, -0.15) is 0 Å². The van der Waals surface area contributed by atoms with Crippen molar-refractivity contribution in [2.45, 2.75) is 18.7 Å². The topological polar surface area (TPSA) is 72.0 Å². The van der Waals surface area contributed by atoms with Gasteiger partial charge in [-0.1, -0.05) is 78.5 Å². The van der Waals surface area contributed by atoms with Gasteiger partial charge in [-0.05, 0) is 66.1 Å². The van der Waals surface area contributed by atoms with E-state index in [0.29, 0.717) is 12.5 Å². The Morgan fingerprint density at radius 3 is 2.33 bits per heavy atom. The van der Waals surface area contributed by atoms with Crippen LogP contribution in [0.25, 0.3) is 0 Å². The van der Waals surface area contributed by atoms with Crippen LogP contribution in [0.1, 0.15) is 13.3 Å². The molecule has 0 amide bonds. The lowest BCUT2D eigenvalue weighted by molar-refractivity contribution is 0.235. The van der Waals surface area contributed by atoms with Gasteiger partial charge in [0.05, 0.1) is 13.8 Å². The maximum absolute atomic E-state index is 9.52. The van der Waals surface area contributed by atoms with Crippen molar-refractivity contribution in [1.82, 2.24) is 10.6 Å². The fourth-order valence-corrected chi connectivity index (χ4v) is 6.24. The van der Waals surface area contributed by atoms with Gasteiger partial charge in [0.1, 0.15) is 17.3 Å². The predicted octanol–water partition coefficient (Wildman–Crippen LogP) is 2.50. The van der Waals surface area contributed by atoms with Crippen LogP contribution in [0.5, 0.6) is 11.5 Å². The van der Waals surface area contributed by atoms with Crippen LogP contribution >= 0.6 is 0 Å². The highest BCUT2D eigenvalue weighted by Crippen LogP contribution is 2.58. The standard InChI is InChI=1S/C32H38B2N2O4/c1-32(22-36-23-37)30-21-29(17-18-31(30)33(32)24-9-13-27(38-3)14-10-24)40-28-15-11-26(12-16-28)34(39-20-19-35-2)25-7-5-4-6-8-25/h4-18,30,35-37H,19-23H2,1-3H3. The van der Waals surface area contributed by atoms with Gasteiger partial charge >= 0.3 is 6.92 Å². The summed E-state index contributed by atoms with van der Waals surface area (Å²) in [6, 6.07) is 26.9. The number of hydrogen-bond donors (Lipinski definition) is 3. The minimum absolute atomic E-state index is 0.0368. The van der Waals surface area contributed by atoms with E-state index < -0.39 is 0 Å². The molecule has 206 valence electrons. The van der Waals surface area contributed by atoms with Gasteiger partial charge in [0.25, 0.3) is 0 Å². The van der Waals surface area contributed by atoms with Crippen LogP contribution in [-0.2, 0) is 4.65 Å². The molecule has 0 radical (unpaired) electrons. The van der Waals surface area contributed by atoms with E-state index in [2.05, 4.69) is 66.1 Å². The molecule has 1 saturated heterocycles. The summed E-state index contributed by atoms with van der Waals surface area (Å²) in [6.45, 7) is 4.55. The van der Waals surface area contributed by atoms with Crippen molar-refractivity contribution in [3.8, 4) is 11.5 Å². The molecule has 1 heterocycles. The van der Waals surface area contributed by atoms with Crippen LogP contribution in [0.3, 0.4) is 0 Å². The van der Waals surface area contributed by atoms with Crippen LogP contribution < -0.4 is 36.5 Å². The van der Waals surface area contributed by atoms with Gasteiger partial charge in [0, 0.05) is 19.6 Å². The van der Waals surface area contributed by atoms with Crippen molar-refractivity contribution >= 4 is 30.0 Å². The number of likely N-dealkylation sites (N-methyl/N-ethyl adjacent to an activating group) is 1. The molecular weight excluding hydrogens is 498 g/mol. The summed E-state index contributed by atoms with van der Waals surface area (Å²) in [5, 5.41) is 15.8. The maximum Gasteiger partial charge on any atom is 0.361 e. The number of rotatable bonds is 13. The van der Waals surface area contributed by atoms with Crippen molar-refractivity contribution < 1.29 is 19.2 Å². The second-order valence-corrected chi connectivity index (χ2v) is 10.8. The van der Waals surface area contributed by atoms with E-state index in [4.69, 9.17) is 14.1 Å². The summed E-state index contributed by atoms with van der Waals surface area (Å²) in [7, 11) is 3.62. The van der Waals surface area contributed by atoms with E-state index in [1.54, 1.807) is 7.11 Å². The number of hydrogen-bond acceptors (Lipinski definition) is 6. The minimum atomic E-state index is -0.132. The van der Waals surface area contributed by atoms with E-state index in [9.17, 15) is 5.11 Å². The zero-order chi connectivity index (χ0) is 28.0. The predicted molar refractivity (Wildman–Crippen MR) is 165 cm³/mol. The third-order valence-corrected chi connectivity index (χ3v) is 8.30. The molecule has 1 aliphatic carbocycles. The zero-order valence-corrected chi connectivity index (χ0v) is 23.6. The number of benzene rings is 3. The van der Waals surface area contributed by atoms with Gasteiger partial charge in [0.15, 0.2) is 0 Å². The Kier molecular flexibility index (Phi) is 9.12. The third-order valence-electron chi connectivity index (χ3n) is 8.30. The molecule has 2 unspecified atom stereocenters. The first-order chi connectivity index (χ1) is 19.6. The lowest BCUT2D eigenvalue weighted by Gasteiger charge is -2.56. The first-order valence-corrected chi connectivity index (χ1v) is 14.0. The van der Waals surface area contributed by atoms with Crippen LogP contribution in [0.2, 0.25) is 5.31 Å². The Labute approximate surface area is 238 Å². The summed E-state index contributed by atoms with van der Waals surface area (Å²) < 4.78 is 18.0. The Balaban J connectivity index is 1.32. The number of ether oxygens (including phenoxy) is 2. The number of nitrogens with one attached hydrogen (secondary N) is 2.